The van der Waals surface area contributed by atoms with Crippen LogP contribution in [0, 0.1) is 11.8 Å². The molecule has 27 heavy (non-hydrogen) atoms. The molecule has 2 N–H and O–H groups in total. The fourth-order valence-electron chi connectivity index (χ4n) is 4.85. The van der Waals surface area contributed by atoms with Crippen LogP contribution < -0.4 is 10.6 Å². The fourth-order valence-corrected chi connectivity index (χ4v) is 4.85. The molecule has 0 aromatic heterocycles. The Bertz CT molecular complexity index is 333. The minimum Gasteiger partial charge on any atom is -0.378 e. The van der Waals surface area contributed by atoms with Gasteiger partial charge in [-0.05, 0) is 50.4 Å². The summed E-state index contributed by atoms with van der Waals surface area (Å²) >= 11 is 0. The summed E-state index contributed by atoms with van der Waals surface area (Å²) in [6.07, 6.45) is 21.4. The molecule has 2 rings (SSSR count). The van der Waals surface area contributed by atoms with Crippen molar-refractivity contribution in [2.75, 3.05) is 19.7 Å². The van der Waals surface area contributed by atoms with Crippen LogP contribution in [0.3, 0.4) is 0 Å². The second kappa shape index (κ2) is 14.8. The van der Waals surface area contributed by atoms with Crippen LogP contribution in [0.25, 0.3) is 0 Å². The van der Waals surface area contributed by atoms with Gasteiger partial charge in [0.25, 0.3) is 0 Å². The molecule has 1 saturated carbocycles. The van der Waals surface area contributed by atoms with E-state index in [1.54, 1.807) is 0 Å². The zero-order chi connectivity index (χ0) is 19.2. The van der Waals surface area contributed by atoms with Gasteiger partial charge in [0, 0.05) is 19.7 Å². The summed E-state index contributed by atoms with van der Waals surface area (Å²) in [6, 6.07) is 0. The van der Waals surface area contributed by atoms with Crippen molar-refractivity contribution in [3.05, 3.63) is 0 Å². The highest BCUT2D eigenvalue weighted by Crippen LogP contribution is 2.29. The highest BCUT2D eigenvalue weighted by Gasteiger charge is 2.30. The van der Waals surface area contributed by atoms with E-state index in [4.69, 9.17) is 4.74 Å². The van der Waals surface area contributed by atoms with Gasteiger partial charge in [-0.3, -0.25) is 0 Å². The third-order valence-corrected chi connectivity index (χ3v) is 6.76. The number of unbranched alkanes of at least 4 members (excludes halogenated alkanes) is 8. The van der Waals surface area contributed by atoms with Gasteiger partial charge in [-0.15, -0.1) is 0 Å². The maximum atomic E-state index is 6.12. The molecule has 1 saturated heterocycles. The molecule has 160 valence electrons. The number of ether oxygens (including phenoxy) is 1. The molecular formula is C24H48N2O. The van der Waals surface area contributed by atoms with Crippen molar-refractivity contribution in [2.24, 2.45) is 11.8 Å². The first-order valence-corrected chi connectivity index (χ1v) is 12.4. The Morgan fingerprint density at radius 3 is 1.96 bits per heavy atom. The largest absolute Gasteiger partial charge is 0.378 e. The van der Waals surface area contributed by atoms with Crippen molar-refractivity contribution in [1.82, 2.24) is 10.6 Å². The van der Waals surface area contributed by atoms with E-state index in [9.17, 15) is 0 Å². The zero-order valence-corrected chi connectivity index (χ0v) is 18.4. The second-order valence-electron chi connectivity index (χ2n) is 9.18. The lowest BCUT2D eigenvalue weighted by molar-refractivity contribution is 0.00850. The molecule has 3 heteroatoms. The first-order chi connectivity index (χ1) is 13.3. The van der Waals surface area contributed by atoms with Crippen LogP contribution in [0.2, 0.25) is 0 Å². The van der Waals surface area contributed by atoms with E-state index in [1.807, 2.05) is 0 Å². The smallest absolute Gasteiger partial charge is 0.0600 e. The summed E-state index contributed by atoms with van der Waals surface area (Å²) in [5.74, 6) is 1.65. The Labute approximate surface area is 169 Å². The van der Waals surface area contributed by atoms with E-state index in [0.29, 0.717) is 12.3 Å². The fraction of sp³-hybridized carbons (Fsp3) is 1.00. The SMILES string of the molecule is CCCCCCCCC1CNC(C2CCC(OCCCCCC)CC2)NC1. The molecule has 0 atom stereocenters. The normalized spacial score (nSPS) is 29.1. The molecule has 0 radical (unpaired) electrons. The number of rotatable bonds is 14. The summed E-state index contributed by atoms with van der Waals surface area (Å²) in [4.78, 5) is 0. The first kappa shape index (κ1) is 23.2. The van der Waals surface area contributed by atoms with E-state index in [2.05, 4.69) is 24.5 Å². The van der Waals surface area contributed by atoms with Gasteiger partial charge >= 0.3 is 0 Å². The Kier molecular flexibility index (Phi) is 12.7. The van der Waals surface area contributed by atoms with Crippen molar-refractivity contribution in [1.29, 1.82) is 0 Å². The van der Waals surface area contributed by atoms with Crippen LogP contribution in [0.1, 0.15) is 110 Å². The van der Waals surface area contributed by atoms with E-state index in [0.717, 1.165) is 18.4 Å². The minimum absolute atomic E-state index is 0.534. The van der Waals surface area contributed by atoms with E-state index < -0.39 is 0 Å². The summed E-state index contributed by atoms with van der Waals surface area (Å²) in [5, 5.41) is 7.66. The molecule has 0 unspecified atom stereocenters. The molecule has 1 aliphatic carbocycles. The molecule has 3 nitrogen and oxygen atoms in total. The van der Waals surface area contributed by atoms with E-state index >= 15 is 0 Å². The van der Waals surface area contributed by atoms with Gasteiger partial charge in [0.15, 0.2) is 0 Å². The molecule has 0 amide bonds. The number of hydrogen-bond acceptors (Lipinski definition) is 3. The minimum atomic E-state index is 0.534. The van der Waals surface area contributed by atoms with Crippen molar-refractivity contribution in [3.8, 4) is 0 Å². The molecule has 0 aromatic carbocycles. The summed E-state index contributed by atoms with van der Waals surface area (Å²) in [5.41, 5.74) is 0. The topological polar surface area (TPSA) is 33.3 Å². The van der Waals surface area contributed by atoms with Crippen molar-refractivity contribution in [3.63, 3.8) is 0 Å². The maximum absolute atomic E-state index is 6.12. The van der Waals surface area contributed by atoms with Gasteiger partial charge in [0.2, 0.25) is 0 Å². The van der Waals surface area contributed by atoms with Gasteiger partial charge in [0.05, 0.1) is 12.3 Å². The molecule has 2 fully saturated rings. The summed E-state index contributed by atoms with van der Waals surface area (Å²) < 4.78 is 6.12. The zero-order valence-electron chi connectivity index (χ0n) is 18.4. The standard InChI is InChI=1S/C24H48N2O/c1-3-5-7-9-10-11-13-21-19-25-24(26-20-21)22-14-16-23(17-15-22)27-18-12-8-6-4-2/h21-26H,3-20H2,1-2H3. The molecular weight excluding hydrogens is 332 g/mol. The second-order valence-corrected chi connectivity index (χ2v) is 9.18. The lowest BCUT2D eigenvalue weighted by Crippen LogP contribution is -2.56. The van der Waals surface area contributed by atoms with Crippen LogP contribution in [-0.4, -0.2) is 32.0 Å². The van der Waals surface area contributed by atoms with Gasteiger partial charge in [-0.1, -0.05) is 71.6 Å². The van der Waals surface area contributed by atoms with Crippen LogP contribution in [0.5, 0.6) is 0 Å². The van der Waals surface area contributed by atoms with Crippen LogP contribution in [0.15, 0.2) is 0 Å². The van der Waals surface area contributed by atoms with E-state index in [1.165, 1.54) is 109 Å². The first-order valence-electron chi connectivity index (χ1n) is 12.4. The summed E-state index contributed by atoms with van der Waals surface area (Å²) in [7, 11) is 0. The molecule has 1 aliphatic heterocycles. The molecule has 2 aliphatic rings. The number of hydrogen-bond donors (Lipinski definition) is 2. The van der Waals surface area contributed by atoms with Crippen LogP contribution >= 0.6 is 0 Å². The predicted octanol–water partition coefficient (Wildman–Crippen LogP) is 6.03. The lowest BCUT2D eigenvalue weighted by atomic mass is 9.84. The van der Waals surface area contributed by atoms with Gasteiger partial charge in [-0.2, -0.15) is 0 Å². The molecule has 0 aromatic rings. The predicted molar refractivity (Wildman–Crippen MR) is 117 cm³/mol. The van der Waals surface area contributed by atoms with Gasteiger partial charge in [0.1, 0.15) is 0 Å². The third kappa shape index (κ3) is 9.76. The van der Waals surface area contributed by atoms with Crippen LogP contribution in [-0.2, 0) is 4.74 Å². The van der Waals surface area contributed by atoms with Crippen molar-refractivity contribution >= 4 is 0 Å². The Hall–Kier alpha value is -0.120. The molecule has 0 bridgehead atoms. The highest BCUT2D eigenvalue weighted by atomic mass is 16.5. The highest BCUT2D eigenvalue weighted by molar-refractivity contribution is 4.85. The average Bonchev–Trinajstić information content (AvgIpc) is 2.71. The quantitative estimate of drug-likeness (QED) is 0.361. The van der Waals surface area contributed by atoms with Crippen molar-refractivity contribution in [2.45, 2.75) is 122 Å². The Balaban J connectivity index is 1.48. The summed E-state index contributed by atoms with van der Waals surface area (Å²) in [6.45, 7) is 7.99. The molecule has 0 spiro atoms. The third-order valence-electron chi connectivity index (χ3n) is 6.76. The Morgan fingerprint density at radius 1 is 0.704 bits per heavy atom. The van der Waals surface area contributed by atoms with E-state index in [-0.39, 0.29) is 0 Å². The maximum Gasteiger partial charge on any atom is 0.0600 e. The molecule has 1 heterocycles. The average molecular weight is 381 g/mol. The monoisotopic (exact) mass is 380 g/mol. The van der Waals surface area contributed by atoms with Gasteiger partial charge in [-0.25, -0.2) is 0 Å². The van der Waals surface area contributed by atoms with Crippen LogP contribution in [0.4, 0.5) is 0 Å². The lowest BCUT2D eigenvalue weighted by Gasteiger charge is -2.39. The van der Waals surface area contributed by atoms with Crippen molar-refractivity contribution < 1.29 is 4.74 Å². The number of nitrogens with one attached hydrogen (secondary N) is 2. The Morgan fingerprint density at radius 2 is 1.30 bits per heavy atom. The van der Waals surface area contributed by atoms with Gasteiger partial charge < -0.3 is 15.4 Å².